The molecule has 1 aromatic heterocycles. The first-order chi connectivity index (χ1) is 28.4. The minimum absolute atomic E-state index is 0.0145. The van der Waals surface area contributed by atoms with Crippen LogP contribution in [0.4, 0.5) is 17.6 Å². The van der Waals surface area contributed by atoms with Gasteiger partial charge in [-0.3, -0.25) is 13.6 Å². The van der Waals surface area contributed by atoms with Crippen LogP contribution in [0, 0.1) is 34.6 Å². The number of benzene rings is 3. The maximum Gasteiger partial charge on any atom is 0.475 e. The molecule has 0 unspecified atom stereocenters. The molecule has 4 aromatic rings. The van der Waals surface area contributed by atoms with Crippen molar-refractivity contribution >= 4 is 31.6 Å². The lowest BCUT2D eigenvalue weighted by Crippen LogP contribution is -2.47. The second-order valence-corrected chi connectivity index (χ2v) is 16.0. The number of allylic oxidation sites excluding steroid dienone is 2. The molecule has 0 aliphatic carbocycles. The summed E-state index contributed by atoms with van der Waals surface area (Å²) in [5.41, 5.74) is -2.05. The molecule has 1 saturated heterocycles. The van der Waals surface area contributed by atoms with Gasteiger partial charge in [-0.15, -0.1) is 24.9 Å². The molecular formula is C41H39F4N4O8PS. The predicted octanol–water partition coefficient (Wildman–Crippen LogP) is 8.62. The molecule has 1 fully saturated rings. The quantitative estimate of drug-likeness (QED) is 0.0276. The third-order valence-electron chi connectivity index (χ3n) is 8.63. The van der Waals surface area contributed by atoms with Crippen molar-refractivity contribution in [3.05, 3.63) is 162 Å². The summed E-state index contributed by atoms with van der Waals surface area (Å²) in [6.45, 7) is 7.64. The van der Waals surface area contributed by atoms with Gasteiger partial charge in [0.2, 0.25) is 0 Å². The van der Waals surface area contributed by atoms with Gasteiger partial charge in [0.25, 0.3) is 0 Å². The van der Waals surface area contributed by atoms with E-state index >= 15 is 4.39 Å². The number of phosphoric acid groups is 1. The van der Waals surface area contributed by atoms with Gasteiger partial charge in [0.1, 0.15) is 35.9 Å². The Morgan fingerprint density at radius 2 is 1.73 bits per heavy atom. The van der Waals surface area contributed by atoms with E-state index in [1.165, 1.54) is 65.5 Å². The topological polar surface area (TPSA) is 144 Å². The van der Waals surface area contributed by atoms with Crippen LogP contribution in [0.3, 0.4) is 0 Å². The Morgan fingerprint density at radius 1 is 1.02 bits per heavy atom. The zero-order valence-electron chi connectivity index (χ0n) is 31.6. The zero-order valence-corrected chi connectivity index (χ0v) is 33.3. The van der Waals surface area contributed by atoms with Crippen LogP contribution in [0.1, 0.15) is 39.5 Å². The van der Waals surface area contributed by atoms with E-state index in [1.54, 1.807) is 25.2 Å². The molecule has 0 saturated carbocycles. The summed E-state index contributed by atoms with van der Waals surface area (Å²) in [4.78, 5) is 18.3. The number of carbonyl (C=O) groups excluding carboxylic acids is 1. The summed E-state index contributed by atoms with van der Waals surface area (Å²) in [5.74, 6) is -4.43. The first-order valence-corrected chi connectivity index (χ1v) is 20.3. The van der Waals surface area contributed by atoms with Gasteiger partial charge in [0, 0.05) is 22.4 Å². The van der Waals surface area contributed by atoms with Crippen LogP contribution in [0.5, 0.6) is 0 Å². The van der Waals surface area contributed by atoms with Crippen molar-refractivity contribution in [2.75, 3.05) is 26.4 Å². The highest BCUT2D eigenvalue weighted by Crippen LogP contribution is 2.50. The molecule has 3 aromatic carbocycles. The molecule has 5 rings (SSSR count). The second-order valence-electron chi connectivity index (χ2n) is 12.7. The van der Waals surface area contributed by atoms with Crippen LogP contribution in [-0.4, -0.2) is 64.0 Å². The van der Waals surface area contributed by atoms with Gasteiger partial charge in [-0.25, -0.2) is 36.6 Å². The molecule has 12 nitrogen and oxygen atoms in total. The Morgan fingerprint density at radius 3 is 2.37 bits per heavy atom. The van der Waals surface area contributed by atoms with Gasteiger partial charge in [-0.05, 0) is 55.0 Å². The van der Waals surface area contributed by atoms with Crippen LogP contribution in [0.25, 0.3) is 6.08 Å². The highest BCUT2D eigenvalue weighted by molar-refractivity contribution is 8.00. The maximum atomic E-state index is 16.0. The van der Waals surface area contributed by atoms with E-state index in [0.717, 1.165) is 30.3 Å². The maximum absolute atomic E-state index is 16.0. The molecule has 1 aliphatic heterocycles. The Balaban J connectivity index is 1.40. The number of phosphoric ester groups is 1. The van der Waals surface area contributed by atoms with Gasteiger partial charge in [0.05, 0.1) is 62.0 Å². The molecule has 310 valence electrons. The van der Waals surface area contributed by atoms with Crippen LogP contribution in [0.2, 0.25) is 0 Å². The Labute approximate surface area is 342 Å². The summed E-state index contributed by atoms with van der Waals surface area (Å²) in [6.07, 6.45) is 10.8. The van der Waals surface area contributed by atoms with Gasteiger partial charge < -0.3 is 14.2 Å². The molecular weight excluding hydrogens is 816 g/mol. The minimum Gasteiger partial charge on any atom is -0.447 e. The number of nitriles is 1. The number of rotatable bonds is 20. The average molecular weight is 855 g/mol. The lowest BCUT2D eigenvalue weighted by Gasteiger charge is -2.40. The Bertz CT molecular complexity index is 2230. The van der Waals surface area contributed by atoms with Crippen molar-refractivity contribution in [3.63, 3.8) is 0 Å². The average Bonchev–Trinajstić information content (AvgIpc) is 3.74. The number of thioether (sulfide) groups is 1. The molecule has 59 heavy (non-hydrogen) atoms. The van der Waals surface area contributed by atoms with Gasteiger partial charge >= 0.3 is 13.8 Å². The number of carbonyl (C=O) groups is 1. The molecule has 0 N–H and O–H groups in total. The number of aromatic nitrogens is 3. The van der Waals surface area contributed by atoms with Crippen molar-refractivity contribution in [2.45, 2.75) is 42.5 Å². The van der Waals surface area contributed by atoms with Crippen molar-refractivity contribution in [3.8, 4) is 6.07 Å². The standard InChI is InChI=1S/C41H39F4N4O8PS/c1-4-16-54-58(51,55-17-5-2)56-22-31-12-13-32(42)19-35(31)40(50)57-41(25-49-27-47-26-48-49,36-15-14-33(43)20-38(36)45)28(3)59-34-23-52-39(53-24-34)9-7-6-8-30-11-10-29(21-46)18-37(30)44/h4-15,18-20,26-28,34,39H,1-2,16-17,22-25H2,3H3/b8-6+,9-7+/t28-,34-,39-,41-/m1/s1. The van der Waals surface area contributed by atoms with E-state index in [9.17, 15) is 22.5 Å². The highest BCUT2D eigenvalue weighted by atomic mass is 32.2. The fraction of sp³-hybridized carbons (Fsp3) is 0.268. The smallest absolute Gasteiger partial charge is 0.447 e. The Kier molecular flexibility index (Phi) is 16.1. The van der Waals surface area contributed by atoms with Gasteiger partial charge in [-0.1, -0.05) is 42.5 Å². The molecule has 2 heterocycles. The fourth-order valence-electron chi connectivity index (χ4n) is 5.76. The molecule has 0 amide bonds. The summed E-state index contributed by atoms with van der Waals surface area (Å²) >= 11 is 1.23. The van der Waals surface area contributed by atoms with Gasteiger partial charge in [-0.2, -0.15) is 10.4 Å². The first-order valence-electron chi connectivity index (χ1n) is 17.9. The molecule has 0 radical (unpaired) electrons. The van der Waals surface area contributed by atoms with Crippen molar-refractivity contribution in [1.82, 2.24) is 14.8 Å². The molecule has 0 spiro atoms. The second kappa shape index (κ2) is 21.2. The number of nitrogens with zero attached hydrogens (tertiary/aromatic N) is 4. The predicted molar refractivity (Wildman–Crippen MR) is 210 cm³/mol. The number of esters is 1. The highest BCUT2D eigenvalue weighted by Gasteiger charge is 2.47. The monoisotopic (exact) mass is 854 g/mol. The first kappa shape index (κ1) is 44.9. The van der Waals surface area contributed by atoms with Crippen LogP contribution < -0.4 is 0 Å². The number of ether oxygens (including phenoxy) is 3. The summed E-state index contributed by atoms with van der Waals surface area (Å²) < 4.78 is 108. The minimum atomic E-state index is -4.23. The number of halogens is 4. The third-order valence-corrected chi connectivity index (χ3v) is 11.4. The zero-order chi connectivity index (χ0) is 42.4. The summed E-state index contributed by atoms with van der Waals surface area (Å²) in [6, 6.07) is 12.0. The van der Waals surface area contributed by atoms with Gasteiger partial charge in [0.15, 0.2) is 11.9 Å². The molecule has 0 bridgehead atoms. The van der Waals surface area contributed by atoms with E-state index < -0.39 is 66.1 Å². The molecule has 18 heteroatoms. The largest absolute Gasteiger partial charge is 0.475 e. The van der Waals surface area contributed by atoms with E-state index in [4.69, 9.17) is 33.0 Å². The van der Waals surface area contributed by atoms with Crippen molar-refractivity contribution in [2.24, 2.45) is 0 Å². The summed E-state index contributed by atoms with van der Waals surface area (Å²) in [7, 11) is -4.23. The third kappa shape index (κ3) is 12.2. The number of hydrogen-bond acceptors (Lipinski definition) is 12. The fourth-order valence-corrected chi connectivity index (χ4v) is 8.22. The van der Waals surface area contributed by atoms with E-state index in [0.29, 0.717) is 6.07 Å². The van der Waals surface area contributed by atoms with Crippen LogP contribution in [-0.2, 0) is 51.1 Å². The normalized spacial score (nSPS) is 17.4. The van der Waals surface area contributed by atoms with Crippen molar-refractivity contribution in [1.29, 1.82) is 5.26 Å². The van der Waals surface area contributed by atoms with Crippen LogP contribution >= 0.6 is 19.6 Å². The lowest BCUT2D eigenvalue weighted by molar-refractivity contribution is -0.146. The lowest BCUT2D eigenvalue weighted by atomic mass is 9.89. The van der Waals surface area contributed by atoms with E-state index in [2.05, 4.69) is 23.2 Å². The van der Waals surface area contributed by atoms with Crippen LogP contribution in [0.15, 0.2) is 111 Å². The van der Waals surface area contributed by atoms with E-state index in [1.807, 2.05) is 6.07 Å². The summed E-state index contributed by atoms with van der Waals surface area (Å²) in [5, 5.41) is 11.8. The number of hydrogen-bond donors (Lipinski definition) is 0. The Hall–Kier alpha value is -5.18. The molecule has 1 aliphatic rings. The SMILES string of the molecule is C=CCOP(=O)(OCC=C)OCc1ccc(F)cc1C(=O)O[C@@](Cn1cncn1)(c1ccc(F)cc1F)[C@@H](C)S[C@H]1CO[C@H](/C=C/C=C/c2ccc(C#N)cc2F)OC1. The van der Waals surface area contributed by atoms with Crippen molar-refractivity contribution < 1.29 is 54.7 Å². The molecule has 2 atom stereocenters. The van der Waals surface area contributed by atoms with E-state index in [-0.39, 0.29) is 60.8 Å².